The van der Waals surface area contributed by atoms with Gasteiger partial charge in [0.15, 0.2) is 0 Å². The molecule has 0 unspecified atom stereocenters. The van der Waals surface area contributed by atoms with Gasteiger partial charge >= 0.3 is 0 Å². The van der Waals surface area contributed by atoms with Gasteiger partial charge in [-0.15, -0.1) is 0 Å². The summed E-state index contributed by atoms with van der Waals surface area (Å²) in [7, 11) is 0. The third kappa shape index (κ3) is 2.74. The molecule has 0 saturated heterocycles. The fourth-order valence-electron chi connectivity index (χ4n) is 2.45. The molecule has 0 bridgehead atoms. The quantitative estimate of drug-likeness (QED) is 0.465. The number of nitrogen functional groups attached to an aromatic ring is 1. The molecule has 0 aliphatic carbocycles. The van der Waals surface area contributed by atoms with Crippen molar-refractivity contribution in [1.82, 2.24) is 15.0 Å². The number of hydrogen-bond acceptors (Lipinski definition) is 6. The second-order valence-corrected chi connectivity index (χ2v) is 6.08. The number of hydrogen-bond donors (Lipinski definition) is 5. The van der Waals surface area contributed by atoms with Crippen LogP contribution >= 0.6 is 11.6 Å². The van der Waals surface area contributed by atoms with Gasteiger partial charge in [-0.1, -0.05) is 11.6 Å². The Morgan fingerprint density at radius 3 is 2.83 bits per heavy atom. The van der Waals surface area contributed by atoms with E-state index in [2.05, 4.69) is 20.3 Å². The largest absolute Gasteiger partial charge is 0.506 e. The van der Waals surface area contributed by atoms with Crippen LogP contribution in [-0.4, -0.2) is 31.8 Å². The van der Waals surface area contributed by atoms with Crippen molar-refractivity contribution in [3.63, 3.8) is 0 Å². The van der Waals surface area contributed by atoms with Gasteiger partial charge in [-0.2, -0.15) is 0 Å². The van der Waals surface area contributed by atoms with Gasteiger partial charge in [-0.05, 0) is 32.0 Å². The van der Waals surface area contributed by atoms with Crippen molar-refractivity contribution in [1.29, 1.82) is 5.41 Å². The molecule has 8 heteroatoms. The van der Waals surface area contributed by atoms with Crippen molar-refractivity contribution < 1.29 is 5.11 Å². The van der Waals surface area contributed by atoms with Gasteiger partial charge in [0.05, 0.1) is 22.0 Å². The van der Waals surface area contributed by atoms with E-state index in [1.165, 1.54) is 12.4 Å². The lowest BCUT2D eigenvalue weighted by Crippen LogP contribution is -2.18. The molecule has 2 heterocycles. The predicted molar refractivity (Wildman–Crippen MR) is 96.1 cm³/mol. The van der Waals surface area contributed by atoms with Crippen LogP contribution in [0.5, 0.6) is 5.75 Å². The van der Waals surface area contributed by atoms with Crippen molar-refractivity contribution in [3.05, 3.63) is 40.8 Å². The Morgan fingerprint density at radius 2 is 2.12 bits per heavy atom. The van der Waals surface area contributed by atoms with E-state index in [9.17, 15) is 5.11 Å². The van der Waals surface area contributed by atoms with Crippen LogP contribution in [0.25, 0.3) is 10.9 Å². The van der Waals surface area contributed by atoms with Crippen LogP contribution in [0.4, 0.5) is 11.6 Å². The Bertz CT molecular complexity index is 934. The Morgan fingerprint density at radius 1 is 1.38 bits per heavy atom. The molecule has 0 aliphatic heterocycles. The number of fused-ring (bicyclic) bond motifs is 1. The number of phenolic OH excluding ortho intramolecular Hbond substituents is 1. The molecule has 124 valence electrons. The number of aromatic amines is 1. The van der Waals surface area contributed by atoms with Gasteiger partial charge in [0.2, 0.25) is 0 Å². The summed E-state index contributed by atoms with van der Waals surface area (Å²) in [5.74, 6) is 0.701. The van der Waals surface area contributed by atoms with E-state index >= 15 is 0 Å². The highest BCUT2D eigenvalue weighted by Crippen LogP contribution is 2.33. The number of H-pyrrole nitrogens is 1. The summed E-state index contributed by atoms with van der Waals surface area (Å²) < 4.78 is 0. The number of nitrogens with two attached hydrogens (primary N) is 1. The van der Waals surface area contributed by atoms with Gasteiger partial charge in [0.25, 0.3) is 0 Å². The highest BCUT2D eigenvalue weighted by molar-refractivity contribution is 6.37. The summed E-state index contributed by atoms with van der Waals surface area (Å²) >= 11 is 6.12. The number of aromatic hydroxyl groups is 1. The molecule has 0 atom stereocenters. The summed E-state index contributed by atoms with van der Waals surface area (Å²) in [6.07, 6.45) is 1.36. The first kappa shape index (κ1) is 16.1. The maximum absolute atomic E-state index is 9.72. The second-order valence-electron chi connectivity index (χ2n) is 5.70. The van der Waals surface area contributed by atoms with Crippen LogP contribution in [0.1, 0.15) is 25.1 Å². The summed E-state index contributed by atoms with van der Waals surface area (Å²) in [4.78, 5) is 11.3. The Hall–Kier alpha value is -2.80. The van der Waals surface area contributed by atoms with Crippen LogP contribution in [-0.2, 0) is 0 Å². The van der Waals surface area contributed by atoms with E-state index in [1.807, 2.05) is 13.8 Å². The number of nitrogens with zero attached hydrogens (tertiary/aromatic N) is 2. The van der Waals surface area contributed by atoms with E-state index < -0.39 is 0 Å². The highest BCUT2D eigenvalue weighted by Gasteiger charge is 2.19. The Balaban J connectivity index is 2.11. The molecule has 6 N–H and O–H groups in total. The first-order chi connectivity index (χ1) is 11.4. The number of halogens is 1. The van der Waals surface area contributed by atoms with E-state index in [4.69, 9.17) is 22.7 Å². The monoisotopic (exact) mass is 344 g/mol. The van der Waals surface area contributed by atoms with Crippen molar-refractivity contribution >= 4 is 39.9 Å². The van der Waals surface area contributed by atoms with Crippen LogP contribution in [0, 0.1) is 5.41 Å². The smallest absolute Gasteiger partial charge is 0.141 e. The predicted octanol–water partition coefficient (Wildman–Crippen LogP) is 3.14. The first-order valence-corrected chi connectivity index (χ1v) is 7.72. The normalized spacial score (nSPS) is 11.2. The van der Waals surface area contributed by atoms with Crippen molar-refractivity contribution in [2.24, 2.45) is 0 Å². The lowest BCUT2D eigenvalue weighted by atomic mass is 10.1. The molecule has 24 heavy (non-hydrogen) atoms. The molecule has 0 amide bonds. The SMILES string of the molecule is CC(C)Nc1ncnc(N)c1C(=N)c1cc2c(Cl)c(O)ccc2[nH]1. The van der Waals surface area contributed by atoms with Gasteiger partial charge in [-0.3, -0.25) is 5.41 Å². The zero-order chi connectivity index (χ0) is 17.4. The summed E-state index contributed by atoms with van der Waals surface area (Å²) in [5, 5.41) is 22.3. The van der Waals surface area contributed by atoms with Crippen molar-refractivity contribution in [2.45, 2.75) is 19.9 Å². The maximum Gasteiger partial charge on any atom is 0.141 e. The third-order valence-corrected chi connectivity index (χ3v) is 3.94. The summed E-state index contributed by atoms with van der Waals surface area (Å²) in [6.45, 7) is 3.94. The molecule has 0 spiro atoms. The molecule has 3 aromatic rings. The molecular formula is C16H17ClN6O. The molecule has 3 rings (SSSR count). The van der Waals surface area contributed by atoms with E-state index in [1.54, 1.807) is 12.1 Å². The van der Waals surface area contributed by atoms with E-state index in [0.717, 1.165) is 0 Å². The molecule has 0 fully saturated rings. The average molecular weight is 345 g/mol. The zero-order valence-electron chi connectivity index (χ0n) is 13.2. The molecule has 1 aromatic carbocycles. The molecule has 2 aromatic heterocycles. The first-order valence-electron chi connectivity index (χ1n) is 7.35. The lowest BCUT2D eigenvalue weighted by Gasteiger charge is -2.14. The fourth-order valence-corrected chi connectivity index (χ4v) is 2.67. The fraction of sp³-hybridized carbons (Fsp3) is 0.188. The number of anilines is 2. The number of rotatable bonds is 4. The minimum atomic E-state index is -0.00836. The number of nitrogens with one attached hydrogen (secondary N) is 3. The van der Waals surface area contributed by atoms with E-state index in [0.29, 0.717) is 28.0 Å². The summed E-state index contributed by atoms with van der Waals surface area (Å²) in [6, 6.07) is 5.02. The Labute approximate surface area is 143 Å². The molecular weight excluding hydrogens is 328 g/mol. The number of phenols is 1. The summed E-state index contributed by atoms with van der Waals surface area (Å²) in [5.41, 5.74) is 7.75. The van der Waals surface area contributed by atoms with Gasteiger partial charge in [0.1, 0.15) is 23.7 Å². The minimum absolute atomic E-state index is 0.00836. The lowest BCUT2D eigenvalue weighted by molar-refractivity contribution is 0.476. The minimum Gasteiger partial charge on any atom is -0.506 e. The third-order valence-electron chi connectivity index (χ3n) is 3.54. The van der Waals surface area contributed by atoms with Gasteiger partial charge in [0, 0.05) is 16.9 Å². The molecule has 7 nitrogen and oxygen atoms in total. The molecule has 0 aliphatic rings. The van der Waals surface area contributed by atoms with E-state index in [-0.39, 0.29) is 28.3 Å². The van der Waals surface area contributed by atoms with Crippen LogP contribution in [0.15, 0.2) is 24.5 Å². The van der Waals surface area contributed by atoms with Crippen LogP contribution in [0.2, 0.25) is 5.02 Å². The second kappa shape index (κ2) is 6.01. The zero-order valence-corrected chi connectivity index (χ0v) is 13.9. The van der Waals surface area contributed by atoms with Gasteiger partial charge in [-0.25, -0.2) is 9.97 Å². The van der Waals surface area contributed by atoms with Crippen LogP contribution < -0.4 is 11.1 Å². The van der Waals surface area contributed by atoms with Crippen LogP contribution in [0.3, 0.4) is 0 Å². The standard InChI is InChI=1S/C16H17ClN6O/c1-7(2)22-16-12(15(19)20-6-21-16)14(18)10-5-8-9(23-10)3-4-11(24)13(8)17/h3-7,18,23-24H,1-2H3,(H3,19,20,21,22). The maximum atomic E-state index is 9.72. The average Bonchev–Trinajstić information content (AvgIpc) is 2.95. The van der Waals surface area contributed by atoms with Crippen molar-refractivity contribution in [3.8, 4) is 5.75 Å². The van der Waals surface area contributed by atoms with Gasteiger partial charge < -0.3 is 21.1 Å². The Kier molecular flexibility index (Phi) is 4.02. The molecule has 0 saturated carbocycles. The number of benzene rings is 1. The highest BCUT2D eigenvalue weighted by atomic mass is 35.5. The topological polar surface area (TPSA) is 124 Å². The molecule has 0 radical (unpaired) electrons. The number of aromatic nitrogens is 3. The van der Waals surface area contributed by atoms with Crippen molar-refractivity contribution in [2.75, 3.05) is 11.1 Å².